The average molecular weight is 335 g/mol. The Morgan fingerprint density at radius 3 is 2.37 bits per heavy atom. The summed E-state index contributed by atoms with van der Waals surface area (Å²) in [7, 11) is 0. The van der Waals surface area contributed by atoms with Crippen LogP contribution in [0.15, 0.2) is 46.9 Å². The molecular weight excluding hydrogens is 328 g/mol. The molecule has 2 aromatic rings. The van der Waals surface area contributed by atoms with Crippen molar-refractivity contribution in [1.82, 2.24) is 0 Å². The van der Waals surface area contributed by atoms with E-state index in [1.807, 2.05) is 0 Å². The van der Waals surface area contributed by atoms with Crippen molar-refractivity contribution in [1.29, 1.82) is 0 Å². The second-order valence-electron chi connectivity index (χ2n) is 3.68. The van der Waals surface area contributed by atoms with Gasteiger partial charge in [-0.15, -0.1) is 13.2 Å². The van der Waals surface area contributed by atoms with Crippen molar-refractivity contribution in [2.45, 2.75) is 6.36 Å². The Hall–Kier alpha value is -1.56. The molecule has 0 fully saturated rings. The van der Waals surface area contributed by atoms with E-state index in [0.29, 0.717) is 5.56 Å². The van der Waals surface area contributed by atoms with Crippen molar-refractivity contribution in [2.75, 3.05) is 0 Å². The summed E-state index contributed by atoms with van der Waals surface area (Å²) >= 11 is 3.02. The summed E-state index contributed by atoms with van der Waals surface area (Å²) in [5.74, 6) is -0.920. The minimum absolute atomic E-state index is 0.196. The van der Waals surface area contributed by atoms with Gasteiger partial charge in [0.1, 0.15) is 11.6 Å². The Labute approximate surface area is 114 Å². The molecule has 0 saturated carbocycles. The third-order valence-electron chi connectivity index (χ3n) is 2.33. The van der Waals surface area contributed by atoms with Gasteiger partial charge in [-0.2, -0.15) is 0 Å². The van der Waals surface area contributed by atoms with Crippen LogP contribution in [0.25, 0.3) is 11.1 Å². The topological polar surface area (TPSA) is 9.23 Å². The molecule has 6 heteroatoms. The Kier molecular flexibility index (Phi) is 3.80. The zero-order chi connectivity index (χ0) is 14.0. The highest BCUT2D eigenvalue weighted by Gasteiger charge is 2.31. The molecule has 100 valence electrons. The van der Waals surface area contributed by atoms with E-state index in [1.165, 1.54) is 24.3 Å². The second-order valence-corrected chi connectivity index (χ2v) is 4.53. The average Bonchev–Trinajstić information content (AvgIpc) is 2.31. The first kappa shape index (κ1) is 13.9. The SMILES string of the molecule is Fc1c(Br)cccc1-c1cccc(OC(F)(F)F)c1. The molecule has 0 saturated heterocycles. The number of rotatable bonds is 2. The van der Waals surface area contributed by atoms with Gasteiger partial charge in [-0.05, 0) is 39.7 Å². The lowest BCUT2D eigenvalue weighted by atomic mass is 10.1. The van der Waals surface area contributed by atoms with Gasteiger partial charge < -0.3 is 4.74 Å². The summed E-state index contributed by atoms with van der Waals surface area (Å²) in [5, 5.41) is 0. The Balaban J connectivity index is 2.41. The largest absolute Gasteiger partial charge is 0.573 e. The van der Waals surface area contributed by atoms with Gasteiger partial charge in [0.25, 0.3) is 0 Å². The molecule has 0 bridgehead atoms. The summed E-state index contributed by atoms with van der Waals surface area (Å²) in [4.78, 5) is 0. The van der Waals surface area contributed by atoms with Crippen LogP contribution in [0.1, 0.15) is 0 Å². The van der Waals surface area contributed by atoms with E-state index in [2.05, 4.69) is 20.7 Å². The maximum Gasteiger partial charge on any atom is 0.573 e. The van der Waals surface area contributed by atoms with E-state index in [4.69, 9.17) is 0 Å². The lowest BCUT2D eigenvalue weighted by Crippen LogP contribution is -2.17. The number of ether oxygens (including phenoxy) is 1. The maximum absolute atomic E-state index is 13.8. The maximum atomic E-state index is 13.8. The summed E-state index contributed by atoms with van der Waals surface area (Å²) in [6.07, 6.45) is -4.77. The van der Waals surface area contributed by atoms with Gasteiger partial charge in [-0.3, -0.25) is 0 Å². The fourth-order valence-electron chi connectivity index (χ4n) is 1.59. The van der Waals surface area contributed by atoms with Crippen molar-refractivity contribution in [2.24, 2.45) is 0 Å². The third-order valence-corrected chi connectivity index (χ3v) is 2.94. The van der Waals surface area contributed by atoms with Crippen LogP contribution in [-0.4, -0.2) is 6.36 Å². The van der Waals surface area contributed by atoms with E-state index in [1.54, 1.807) is 6.07 Å². The molecule has 1 nitrogen and oxygen atoms in total. The van der Waals surface area contributed by atoms with Crippen molar-refractivity contribution < 1.29 is 22.3 Å². The predicted octanol–water partition coefficient (Wildman–Crippen LogP) is 5.15. The molecule has 0 amide bonds. The van der Waals surface area contributed by atoms with Crippen LogP contribution in [-0.2, 0) is 0 Å². The number of alkyl halides is 3. The molecule has 0 atom stereocenters. The normalized spacial score (nSPS) is 11.4. The molecule has 0 spiro atoms. The minimum atomic E-state index is -4.77. The van der Waals surface area contributed by atoms with Crippen LogP contribution in [0, 0.1) is 5.82 Å². The first-order valence-electron chi connectivity index (χ1n) is 5.17. The molecular formula is C13H7BrF4O. The number of halogens is 5. The standard InChI is InChI=1S/C13H7BrF4O/c14-11-6-2-5-10(12(11)15)8-3-1-4-9(7-8)19-13(16,17)18/h1-7H. The molecule has 0 aliphatic heterocycles. The van der Waals surface area contributed by atoms with E-state index >= 15 is 0 Å². The summed E-state index contributed by atoms with van der Waals surface area (Å²) in [6.45, 7) is 0. The van der Waals surface area contributed by atoms with E-state index in [9.17, 15) is 17.6 Å². The monoisotopic (exact) mass is 334 g/mol. The van der Waals surface area contributed by atoms with Crippen molar-refractivity contribution in [3.05, 3.63) is 52.8 Å². The predicted molar refractivity (Wildman–Crippen MR) is 66.2 cm³/mol. The van der Waals surface area contributed by atoms with Crippen LogP contribution in [0.5, 0.6) is 5.75 Å². The fraction of sp³-hybridized carbons (Fsp3) is 0.0769. The molecule has 2 rings (SSSR count). The van der Waals surface area contributed by atoms with Crippen molar-refractivity contribution >= 4 is 15.9 Å². The molecule has 0 aliphatic rings. The van der Waals surface area contributed by atoms with Gasteiger partial charge in [0.05, 0.1) is 4.47 Å². The first-order chi connectivity index (χ1) is 8.87. The molecule has 0 heterocycles. The number of benzene rings is 2. The minimum Gasteiger partial charge on any atom is -0.406 e. The smallest absolute Gasteiger partial charge is 0.406 e. The van der Waals surface area contributed by atoms with Crippen LogP contribution in [0.4, 0.5) is 17.6 Å². The summed E-state index contributed by atoms with van der Waals surface area (Å²) in [6, 6.07) is 9.76. The van der Waals surface area contributed by atoms with Crippen LogP contribution < -0.4 is 4.74 Å². The first-order valence-corrected chi connectivity index (χ1v) is 5.96. The molecule has 0 aromatic heterocycles. The highest BCUT2D eigenvalue weighted by molar-refractivity contribution is 9.10. The Morgan fingerprint density at radius 2 is 1.68 bits per heavy atom. The Bertz CT molecular complexity index is 595. The fourth-order valence-corrected chi connectivity index (χ4v) is 1.95. The van der Waals surface area contributed by atoms with E-state index in [0.717, 1.165) is 12.1 Å². The van der Waals surface area contributed by atoms with Gasteiger partial charge in [0.2, 0.25) is 0 Å². The zero-order valence-electron chi connectivity index (χ0n) is 9.34. The number of hydrogen-bond donors (Lipinski definition) is 0. The lowest BCUT2D eigenvalue weighted by Gasteiger charge is -2.10. The van der Waals surface area contributed by atoms with Crippen LogP contribution in [0.2, 0.25) is 0 Å². The van der Waals surface area contributed by atoms with Gasteiger partial charge in [-0.1, -0.05) is 24.3 Å². The highest BCUT2D eigenvalue weighted by atomic mass is 79.9. The van der Waals surface area contributed by atoms with E-state index < -0.39 is 12.2 Å². The molecule has 0 radical (unpaired) electrons. The van der Waals surface area contributed by atoms with Crippen LogP contribution >= 0.6 is 15.9 Å². The van der Waals surface area contributed by atoms with Gasteiger partial charge in [0.15, 0.2) is 0 Å². The van der Waals surface area contributed by atoms with Gasteiger partial charge in [0, 0.05) is 5.56 Å². The van der Waals surface area contributed by atoms with Crippen molar-refractivity contribution in [3.63, 3.8) is 0 Å². The molecule has 0 aliphatic carbocycles. The lowest BCUT2D eigenvalue weighted by molar-refractivity contribution is -0.274. The second kappa shape index (κ2) is 5.21. The zero-order valence-corrected chi connectivity index (χ0v) is 10.9. The summed E-state index contributed by atoms with van der Waals surface area (Å²) < 4.78 is 54.2. The van der Waals surface area contributed by atoms with Gasteiger partial charge in [-0.25, -0.2) is 4.39 Å². The molecule has 0 N–H and O–H groups in total. The van der Waals surface area contributed by atoms with Gasteiger partial charge >= 0.3 is 6.36 Å². The van der Waals surface area contributed by atoms with E-state index in [-0.39, 0.29) is 15.8 Å². The van der Waals surface area contributed by atoms with Crippen LogP contribution in [0.3, 0.4) is 0 Å². The molecule has 2 aromatic carbocycles. The summed E-state index contributed by atoms with van der Waals surface area (Å²) in [5.41, 5.74) is 0.502. The van der Waals surface area contributed by atoms with Crippen molar-refractivity contribution in [3.8, 4) is 16.9 Å². The highest BCUT2D eigenvalue weighted by Crippen LogP contribution is 2.31. The quantitative estimate of drug-likeness (QED) is 0.690. The third kappa shape index (κ3) is 3.47. The molecule has 0 unspecified atom stereocenters. The number of hydrogen-bond acceptors (Lipinski definition) is 1. The molecule has 19 heavy (non-hydrogen) atoms. The Morgan fingerprint density at radius 1 is 1.00 bits per heavy atom.